The first kappa shape index (κ1) is 19.7. The minimum atomic E-state index is -0.572. The summed E-state index contributed by atoms with van der Waals surface area (Å²) >= 11 is 0. The summed E-state index contributed by atoms with van der Waals surface area (Å²) in [6.45, 7) is 5.96. The standard InChI is InChI=1S/C24H29N3O2/c1-15(2)8-9-16-10-11-20(21(28)12-16)22-18-6-4-5-7-19(18)23(27-26-22)25-17-13-24(3,29)14-17/h10-12,15,17,28-29H,4-7,13-14H2,1-3H3,(H,25,27). The topological polar surface area (TPSA) is 78.3 Å². The number of aromatic nitrogens is 2. The zero-order valence-corrected chi connectivity index (χ0v) is 17.4. The van der Waals surface area contributed by atoms with Gasteiger partial charge in [0.25, 0.3) is 0 Å². The van der Waals surface area contributed by atoms with E-state index in [0.29, 0.717) is 5.56 Å². The van der Waals surface area contributed by atoms with E-state index in [4.69, 9.17) is 0 Å². The van der Waals surface area contributed by atoms with Gasteiger partial charge in [0, 0.05) is 28.7 Å². The summed E-state index contributed by atoms with van der Waals surface area (Å²) in [5, 5.41) is 33.1. The van der Waals surface area contributed by atoms with E-state index in [-0.39, 0.29) is 17.7 Å². The molecular formula is C24H29N3O2. The van der Waals surface area contributed by atoms with Crippen molar-refractivity contribution in [3.8, 4) is 28.8 Å². The molecule has 1 aromatic heterocycles. The quantitative estimate of drug-likeness (QED) is 0.688. The minimum Gasteiger partial charge on any atom is -0.507 e. The van der Waals surface area contributed by atoms with Gasteiger partial charge in [-0.05, 0) is 69.2 Å². The zero-order chi connectivity index (χ0) is 20.6. The van der Waals surface area contributed by atoms with E-state index in [0.717, 1.165) is 55.6 Å². The van der Waals surface area contributed by atoms with E-state index in [1.165, 1.54) is 11.1 Å². The second-order valence-electron chi connectivity index (χ2n) is 8.96. The number of rotatable bonds is 3. The second-order valence-corrected chi connectivity index (χ2v) is 8.96. The molecule has 4 rings (SSSR count). The van der Waals surface area contributed by atoms with Crippen molar-refractivity contribution in [2.75, 3.05) is 5.32 Å². The fraction of sp³-hybridized carbons (Fsp3) is 0.500. The number of anilines is 1. The molecule has 5 heteroatoms. The average molecular weight is 392 g/mol. The Hall–Kier alpha value is -2.58. The van der Waals surface area contributed by atoms with Crippen LogP contribution >= 0.6 is 0 Å². The van der Waals surface area contributed by atoms with Gasteiger partial charge in [0.2, 0.25) is 0 Å². The van der Waals surface area contributed by atoms with Gasteiger partial charge in [-0.1, -0.05) is 25.7 Å². The molecule has 0 aliphatic heterocycles. The number of aliphatic hydroxyl groups is 1. The number of nitrogens with one attached hydrogen (secondary N) is 1. The Kier molecular flexibility index (Phi) is 5.23. The van der Waals surface area contributed by atoms with Crippen molar-refractivity contribution in [3.63, 3.8) is 0 Å². The Balaban J connectivity index is 1.66. The molecule has 0 radical (unpaired) electrons. The third-order valence-corrected chi connectivity index (χ3v) is 5.76. The van der Waals surface area contributed by atoms with Crippen molar-refractivity contribution in [2.24, 2.45) is 5.92 Å². The lowest BCUT2D eigenvalue weighted by molar-refractivity contribution is -0.0235. The number of aromatic hydroxyl groups is 1. The van der Waals surface area contributed by atoms with Crippen LogP contribution in [-0.2, 0) is 12.8 Å². The van der Waals surface area contributed by atoms with Gasteiger partial charge >= 0.3 is 0 Å². The number of hydrogen-bond donors (Lipinski definition) is 3. The molecule has 1 aromatic carbocycles. The Bertz CT molecular complexity index is 978. The van der Waals surface area contributed by atoms with Crippen molar-refractivity contribution in [2.45, 2.75) is 70.9 Å². The molecule has 0 unspecified atom stereocenters. The Morgan fingerprint density at radius 3 is 2.52 bits per heavy atom. The van der Waals surface area contributed by atoms with Gasteiger partial charge in [-0.25, -0.2) is 0 Å². The number of benzene rings is 1. The molecule has 5 nitrogen and oxygen atoms in total. The molecule has 3 N–H and O–H groups in total. The summed E-state index contributed by atoms with van der Waals surface area (Å²) in [4.78, 5) is 0. The largest absolute Gasteiger partial charge is 0.507 e. The van der Waals surface area contributed by atoms with Crippen LogP contribution in [0, 0.1) is 17.8 Å². The number of hydrogen-bond acceptors (Lipinski definition) is 5. The average Bonchev–Trinajstić information content (AvgIpc) is 2.66. The van der Waals surface area contributed by atoms with Crippen LogP contribution in [0.5, 0.6) is 5.75 Å². The molecule has 0 amide bonds. The van der Waals surface area contributed by atoms with E-state index < -0.39 is 5.60 Å². The van der Waals surface area contributed by atoms with Crippen LogP contribution in [0.4, 0.5) is 5.82 Å². The molecule has 2 aromatic rings. The van der Waals surface area contributed by atoms with Gasteiger partial charge in [0.15, 0.2) is 5.82 Å². The van der Waals surface area contributed by atoms with Crippen molar-refractivity contribution < 1.29 is 10.2 Å². The van der Waals surface area contributed by atoms with E-state index in [1.54, 1.807) is 6.07 Å². The van der Waals surface area contributed by atoms with E-state index >= 15 is 0 Å². The monoisotopic (exact) mass is 391 g/mol. The molecule has 29 heavy (non-hydrogen) atoms. The Morgan fingerprint density at radius 2 is 1.86 bits per heavy atom. The third kappa shape index (κ3) is 4.23. The zero-order valence-electron chi connectivity index (χ0n) is 17.4. The molecular weight excluding hydrogens is 362 g/mol. The predicted octanol–water partition coefficient (Wildman–Crippen LogP) is 4.06. The normalized spacial score (nSPS) is 23.0. The third-order valence-electron chi connectivity index (χ3n) is 5.76. The maximum atomic E-state index is 10.7. The summed E-state index contributed by atoms with van der Waals surface area (Å²) < 4.78 is 0. The lowest BCUT2D eigenvalue weighted by atomic mass is 9.77. The lowest BCUT2D eigenvalue weighted by Gasteiger charge is -2.41. The van der Waals surface area contributed by atoms with Crippen LogP contribution in [0.2, 0.25) is 0 Å². The molecule has 152 valence electrons. The van der Waals surface area contributed by atoms with Gasteiger partial charge in [-0.15, -0.1) is 10.2 Å². The predicted molar refractivity (Wildman–Crippen MR) is 115 cm³/mol. The van der Waals surface area contributed by atoms with Crippen LogP contribution in [0.15, 0.2) is 18.2 Å². The maximum absolute atomic E-state index is 10.7. The smallest absolute Gasteiger partial charge is 0.152 e. The summed E-state index contributed by atoms with van der Waals surface area (Å²) in [5.74, 6) is 7.54. The van der Waals surface area contributed by atoms with Crippen LogP contribution in [-0.4, -0.2) is 32.1 Å². The SMILES string of the molecule is CC(C)C#Cc1ccc(-c2nnc(NC3CC(C)(O)C3)c3c2CCCC3)c(O)c1. The molecule has 2 aliphatic carbocycles. The highest BCUT2D eigenvalue weighted by Gasteiger charge is 2.39. The van der Waals surface area contributed by atoms with Crippen molar-refractivity contribution in [1.29, 1.82) is 0 Å². The van der Waals surface area contributed by atoms with Crippen molar-refractivity contribution >= 4 is 5.82 Å². The molecule has 1 fully saturated rings. The molecule has 1 saturated carbocycles. The highest BCUT2D eigenvalue weighted by atomic mass is 16.3. The van der Waals surface area contributed by atoms with E-state index in [2.05, 4.69) is 27.4 Å². The van der Waals surface area contributed by atoms with Crippen LogP contribution in [0.1, 0.15) is 63.1 Å². The van der Waals surface area contributed by atoms with Gasteiger partial charge in [0.1, 0.15) is 11.4 Å². The molecule has 2 aliphatic rings. The summed E-state index contributed by atoms with van der Waals surface area (Å²) in [6, 6.07) is 5.78. The van der Waals surface area contributed by atoms with Crippen LogP contribution in [0.3, 0.4) is 0 Å². The van der Waals surface area contributed by atoms with Crippen LogP contribution in [0.25, 0.3) is 11.3 Å². The van der Waals surface area contributed by atoms with E-state index in [9.17, 15) is 10.2 Å². The van der Waals surface area contributed by atoms with Crippen molar-refractivity contribution in [1.82, 2.24) is 10.2 Å². The van der Waals surface area contributed by atoms with Gasteiger partial charge < -0.3 is 15.5 Å². The van der Waals surface area contributed by atoms with Gasteiger partial charge in [-0.2, -0.15) is 0 Å². The summed E-state index contributed by atoms with van der Waals surface area (Å²) in [7, 11) is 0. The van der Waals surface area contributed by atoms with Gasteiger partial charge in [-0.3, -0.25) is 0 Å². The second kappa shape index (κ2) is 7.68. The maximum Gasteiger partial charge on any atom is 0.152 e. The Morgan fingerprint density at radius 1 is 1.14 bits per heavy atom. The van der Waals surface area contributed by atoms with Gasteiger partial charge in [0.05, 0.1) is 5.60 Å². The minimum absolute atomic E-state index is 0.193. The van der Waals surface area contributed by atoms with Crippen molar-refractivity contribution in [3.05, 3.63) is 34.9 Å². The first-order valence-electron chi connectivity index (χ1n) is 10.5. The number of phenols is 1. The highest BCUT2D eigenvalue weighted by molar-refractivity contribution is 5.73. The molecule has 0 saturated heterocycles. The first-order valence-corrected chi connectivity index (χ1v) is 10.5. The van der Waals surface area contributed by atoms with E-state index in [1.807, 2.05) is 32.9 Å². The lowest BCUT2D eigenvalue weighted by Crippen LogP contribution is -2.48. The molecule has 0 spiro atoms. The molecule has 0 atom stereocenters. The van der Waals surface area contributed by atoms with Crippen LogP contribution < -0.4 is 5.32 Å². The number of phenolic OH excluding ortho intramolecular Hbond substituents is 1. The first-order chi connectivity index (χ1) is 13.8. The number of nitrogens with zero attached hydrogens (tertiary/aromatic N) is 2. The fourth-order valence-corrected chi connectivity index (χ4v) is 4.32. The highest BCUT2D eigenvalue weighted by Crippen LogP contribution is 2.39. The Labute approximate surface area is 172 Å². The summed E-state index contributed by atoms with van der Waals surface area (Å²) in [6.07, 6.45) is 5.59. The number of fused-ring (bicyclic) bond motifs is 1. The summed E-state index contributed by atoms with van der Waals surface area (Å²) in [5.41, 5.74) is 4.09. The molecule has 1 heterocycles. The molecule has 0 bridgehead atoms. The fourth-order valence-electron chi connectivity index (χ4n) is 4.32.